The molecule has 0 saturated heterocycles. The van der Waals surface area contributed by atoms with Gasteiger partial charge in [0, 0.05) is 19.4 Å². The zero-order valence-electron chi connectivity index (χ0n) is 16.4. The van der Waals surface area contributed by atoms with Gasteiger partial charge in [0.2, 0.25) is 5.91 Å². The minimum atomic E-state index is -0.280. The molecular weight excluding hydrogens is 395 g/mol. The van der Waals surface area contributed by atoms with Crippen molar-refractivity contribution in [3.05, 3.63) is 100 Å². The summed E-state index contributed by atoms with van der Waals surface area (Å²) in [4.78, 5) is 19.8. The van der Waals surface area contributed by atoms with Crippen molar-refractivity contribution in [1.29, 1.82) is 0 Å². The molecule has 150 valence electrons. The summed E-state index contributed by atoms with van der Waals surface area (Å²) in [5.41, 5.74) is 4.11. The van der Waals surface area contributed by atoms with Gasteiger partial charge in [0.1, 0.15) is 5.82 Å². The van der Waals surface area contributed by atoms with Crippen molar-refractivity contribution in [2.24, 2.45) is 0 Å². The lowest BCUT2D eigenvalue weighted by Gasteiger charge is -2.38. The van der Waals surface area contributed by atoms with Crippen molar-refractivity contribution in [3.8, 4) is 0 Å². The van der Waals surface area contributed by atoms with Gasteiger partial charge in [-0.05, 0) is 47.4 Å². The van der Waals surface area contributed by atoms with Gasteiger partial charge in [-0.2, -0.15) is 0 Å². The third kappa shape index (κ3) is 3.61. The summed E-state index contributed by atoms with van der Waals surface area (Å²) in [7, 11) is 0. The highest BCUT2D eigenvalue weighted by atomic mass is 32.1. The summed E-state index contributed by atoms with van der Waals surface area (Å²) in [6.45, 7) is 0.636. The molecule has 1 atom stereocenters. The first-order valence-electron chi connectivity index (χ1n) is 10.2. The number of thiazole rings is 1. The van der Waals surface area contributed by atoms with Gasteiger partial charge in [-0.3, -0.25) is 4.79 Å². The van der Waals surface area contributed by atoms with Crippen LogP contribution in [0.4, 0.5) is 4.39 Å². The fourth-order valence-electron chi connectivity index (χ4n) is 4.26. The molecule has 0 N–H and O–H groups in total. The minimum absolute atomic E-state index is 0.0815. The zero-order valence-corrected chi connectivity index (χ0v) is 17.2. The van der Waals surface area contributed by atoms with Gasteiger partial charge in [-0.15, -0.1) is 11.3 Å². The number of amides is 1. The van der Waals surface area contributed by atoms with E-state index in [0.717, 1.165) is 32.8 Å². The predicted molar refractivity (Wildman–Crippen MR) is 118 cm³/mol. The van der Waals surface area contributed by atoms with Crippen LogP contribution in [0.1, 0.15) is 34.2 Å². The number of aromatic nitrogens is 1. The maximum absolute atomic E-state index is 14.0. The topological polar surface area (TPSA) is 33.2 Å². The van der Waals surface area contributed by atoms with E-state index < -0.39 is 0 Å². The van der Waals surface area contributed by atoms with Crippen molar-refractivity contribution < 1.29 is 9.18 Å². The summed E-state index contributed by atoms with van der Waals surface area (Å²) >= 11 is 1.64. The summed E-state index contributed by atoms with van der Waals surface area (Å²) in [5.74, 6) is -0.199. The Hall–Kier alpha value is -3.05. The van der Waals surface area contributed by atoms with Crippen LogP contribution in [0, 0.1) is 5.82 Å². The molecule has 1 aliphatic rings. The number of carbonyl (C=O) groups excluding carboxylic acids is 1. The van der Waals surface area contributed by atoms with E-state index in [1.165, 1.54) is 11.6 Å². The first-order chi connectivity index (χ1) is 14.7. The molecule has 0 bridgehead atoms. The van der Waals surface area contributed by atoms with Crippen LogP contribution in [-0.4, -0.2) is 22.3 Å². The van der Waals surface area contributed by atoms with E-state index >= 15 is 0 Å². The van der Waals surface area contributed by atoms with E-state index in [1.54, 1.807) is 23.5 Å². The van der Waals surface area contributed by atoms with Gasteiger partial charge < -0.3 is 4.90 Å². The van der Waals surface area contributed by atoms with E-state index in [0.29, 0.717) is 19.4 Å². The van der Waals surface area contributed by atoms with Crippen LogP contribution in [-0.2, 0) is 17.6 Å². The molecular formula is C25H21FN2OS. The van der Waals surface area contributed by atoms with Crippen molar-refractivity contribution in [1.82, 2.24) is 9.88 Å². The van der Waals surface area contributed by atoms with Crippen molar-refractivity contribution in [2.75, 3.05) is 6.54 Å². The Morgan fingerprint density at radius 1 is 1.07 bits per heavy atom. The van der Waals surface area contributed by atoms with E-state index in [2.05, 4.69) is 23.2 Å². The highest BCUT2D eigenvalue weighted by Crippen LogP contribution is 2.36. The Morgan fingerprint density at radius 3 is 2.77 bits per heavy atom. The molecule has 4 aromatic rings. The molecule has 3 nitrogen and oxygen atoms in total. The molecule has 0 fully saturated rings. The number of fused-ring (bicyclic) bond motifs is 2. The summed E-state index contributed by atoms with van der Waals surface area (Å²) in [6, 6.07) is 22.5. The van der Waals surface area contributed by atoms with Crippen molar-refractivity contribution in [3.63, 3.8) is 0 Å². The Kier molecular flexibility index (Phi) is 5.05. The van der Waals surface area contributed by atoms with E-state index in [4.69, 9.17) is 0 Å². The molecule has 1 aliphatic heterocycles. The highest BCUT2D eigenvalue weighted by Gasteiger charge is 2.31. The largest absolute Gasteiger partial charge is 0.331 e. The fraction of sp³-hybridized carbons (Fsp3) is 0.200. The molecule has 2 heterocycles. The highest BCUT2D eigenvalue weighted by molar-refractivity contribution is 7.18. The number of benzene rings is 3. The summed E-state index contributed by atoms with van der Waals surface area (Å²) in [6.07, 6.45) is 1.83. The molecule has 1 unspecified atom stereocenters. The third-order valence-electron chi connectivity index (χ3n) is 5.66. The van der Waals surface area contributed by atoms with Gasteiger partial charge in [-0.25, -0.2) is 9.37 Å². The predicted octanol–water partition coefficient (Wildman–Crippen LogP) is 5.54. The molecule has 5 heteroatoms. The summed E-state index contributed by atoms with van der Waals surface area (Å²) < 4.78 is 15.1. The zero-order chi connectivity index (χ0) is 20.5. The van der Waals surface area contributed by atoms with Crippen LogP contribution in [0.3, 0.4) is 0 Å². The van der Waals surface area contributed by atoms with Crippen LogP contribution >= 0.6 is 11.3 Å². The smallest absolute Gasteiger partial charge is 0.223 e. The number of rotatable bonds is 4. The SMILES string of the molecule is O=C(CCc1nc2ccccc2s1)N1CCc2ccccc2C1c1cccc(F)c1. The van der Waals surface area contributed by atoms with Crippen LogP contribution in [0.15, 0.2) is 72.8 Å². The molecule has 0 aliphatic carbocycles. The molecule has 3 aromatic carbocycles. The lowest BCUT2D eigenvalue weighted by molar-refractivity contribution is -0.133. The summed E-state index contributed by atoms with van der Waals surface area (Å²) in [5, 5.41) is 0.976. The van der Waals surface area contributed by atoms with E-state index in [9.17, 15) is 9.18 Å². The maximum atomic E-state index is 14.0. The molecule has 30 heavy (non-hydrogen) atoms. The monoisotopic (exact) mass is 416 g/mol. The second-order valence-electron chi connectivity index (χ2n) is 7.57. The number of hydrogen-bond acceptors (Lipinski definition) is 3. The Bertz CT molecular complexity index is 1190. The van der Waals surface area contributed by atoms with Crippen molar-refractivity contribution >= 4 is 27.5 Å². The molecule has 0 radical (unpaired) electrons. The van der Waals surface area contributed by atoms with Crippen LogP contribution in [0.2, 0.25) is 0 Å². The van der Waals surface area contributed by atoms with Crippen LogP contribution in [0.5, 0.6) is 0 Å². The van der Waals surface area contributed by atoms with Gasteiger partial charge in [-0.1, -0.05) is 48.5 Å². The number of nitrogens with zero attached hydrogens (tertiary/aromatic N) is 2. The second-order valence-corrected chi connectivity index (χ2v) is 8.68. The van der Waals surface area contributed by atoms with Gasteiger partial charge >= 0.3 is 0 Å². The average molecular weight is 417 g/mol. The number of halogens is 1. The standard InChI is InChI=1S/C25H21FN2OS/c26-19-8-5-7-18(16-19)25-20-9-2-1-6-17(20)14-15-28(25)24(29)13-12-23-27-21-10-3-4-11-22(21)30-23/h1-11,16,25H,12-15H2. The molecule has 0 saturated carbocycles. The van der Waals surface area contributed by atoms with Crippen LogP contribution < -0.4 is 0 Å². The van der Waals surface area contributed by atoms with E-state index in [1.807, 2.05) is 41.3 Å². The van der Waals surface area contributed by atoms with Gasteiger partial charge in [0.15, 0.2) is 0 Å². The van der Waals surface area contributed by atoms with Crippen molar-refractivity contribution in [2.45, 2.75) is 25.3 Å². The first kappa shape index (κ1) is 18.9. The van der Waals surface area contributed by atoms with E-state index in [-0.39, 0.29) is 17.8 Å². The molecule has 1 aromatic heterocycles. The first-order valence-corrected chi connectivity index (χ1v) is 11.0. The second kappa shape index (κ2) is 8.00. The third-order valence-corrected chi connectivity index (χ3v) is 6.76. The van der Waals surface area contributed by atoms with Gasteiger partial charge in [0.05, 0.1) is 21.3 Å². The number of carbonyl (C=O) groups is 1. The maximum Gasteiger partial charge on any atom is 0.223 e. The molecule has 5 rings (SSSR count). The average Bonchev–Trinajstić information content (AvgIpc) is 3.19. The Labute approximate surface area is 178 Å². The molecule has 1 amide bonds. The minimum Gasteiger partial charge on any atom is -0.331 e. The fourth-order valence-corrected chi connectivity index (χ4v) is 5.22. The number of para-hydroxylation sites is 1. The van der Waals surface area contributed by atoms with Crippen LogP contribution in [0.25, 0.3) is 10.2 Å². The normalized spacial score (nSPS) is 15.9. The number of aryl methyl sites for hydroxylation is 1. The number of hydrogen-bond donors (Lipinski definition) is 0. The lowest BCUT2D eigenvalue weighted by atomic mass is 9.88. The Morgan fingerprint density at radius 2 is 1.90 bits per heavy atom. The molecule has 0 spiro atoms. The Balaban J connectivity index is 1.42. The van der Waals surface area contributed by atoms with Gasteiger partial charge in [0.25, 0.3) is 0 Å². The lowest BCUT2D eigenvalue weighted by Crippen LogP contribution is -2.40. The quantitative estimate of drug-likeness (QED) is 0.437.